The largest absolute Gasteiger partial charge is 0.380 e. The summed E-state index contributed by atoms with van der Waals surface area (Å²) < 4.78 is 5.64. The lowest BCUT2D eigenvalue weighted by molar-refractivity contribution is 0.142. The summed E-state index contributed by atoms with van der Waals surface area (Å²) in [5.41, 5.74) is 2.34. The summed E-state index contributed by atoms with van der Waals surface area (Å²) in [6, 6.07) is 6.61. The van der Waals surface area contributed by atoms with Gasteiger partial charge in [0, 0.05) is 61.8 Å². The van der Waals surface area contributed by atoms with Crippen LogP contribution in [0.4, 0.5) is 5.82 Å². The van der Waals surface area contributed by atoms with E-state index in [2.05, 4.69) is 19.8 Å². The highest BCUT2D eigenvalue weighted by molar-refractivity contribution is 5.90. The van der Waals surface area contributed by atoms with Crippen LogP contribution in [-0.4, -0.2) is 70.3 Å². The fourth-order valence-electron chi connectivity index (χ4n) is 5.53. The topological polar surface area (TPSA) is 67.3 Å². The molecule has 7 nitrogen and oxygen atoms in total. The molecule has 0 saturated carbocycles. The molecule has 0 unspecified atom stereocenters. The van der Waals surface area contributed by atoms with Gasteiger partial charge in [-0.25, -0.2) is 9.97 Å². The number of fused-ring (bicyclic) bond motifs is 1. The van der Waals surface area contributed by atoms with Crippen molar-refractivity contribution in [1.29, 1.82) is 0 Å². The smallest absolute Gasteiger partial charge is 0.162 e. The van der Waals surface area contributed by atoms with E-state index in [9.17, 15) is 0 Å². The summed E-state index contributed by atoms with van der Waals surface area (Å²) in [6.45, 7) is 6.38. The summed E-state index contributed by atoms with van der Waals surface area (Å²) in [5, 5.41) is 1.08. The van der Waals surface area contributed by atoms with E-state index in [4.69, 9.17) is 14.7 Å². The number of aromatic nitrogens is 4. The number of likely N-dealkylation sites (tertiary alicyclic amines) is 1. The van der Waals surface area contributed by atoms with Crippen molar-refractivity contribution in [3.63, 3.8) is 0 Å². The number of pyridine rings is 2. The van der Waals surface area contributed by atoms with Crippen LogP contribution in [0.25, 0.3) is 22.3 Å². The third-order valence-electron chi connectivity index (χ3n) is 7.43. The minimum absolute atomic E-state index is 0.456. The lowest BCUT2D eigenvalue weighted by Gasteiger charge is -2.40. The summed E-state index contributed by atoms with van der Waals surface area (Å²) >= 11 is 0. The second-order valence-corrected chi connectivity index (χ2v) is 9.22. The van der Waals surface area contributed by atoms with E-state index in [0.29, 0.717) is 11.5 Å². The van der Waals surface area contributed by atoms with Gasteiger partial charge in [0.1, 0.15) is 5.82 Å². The average molecular weight is 417 g/mol. The molecule has 0 radical (unpaired) electrons. The highest BCUT2D eigenvalue weighted by atomic mass is 16.5. The second-order valence-electron chi connectivity index (χ2n) is 9.22. The number of hydrogen-bond donors (Lipinski definition) is 0. The van der Waals surface area contributed by atoms with E-state index in [0.717, 1.165) is 54.4 Å². The normalized spacial score (nSPS) is 23.7. The van der Waals surface area contributed by atoms with Crippen LogP contribution < -0.4 is 4.90 Å². The van der Waals surface area contributed by atoms with Crippen molar-refractivity contribution in [3.8, 4) is 11.4 Å². The molecular formula is C24H28N6O. The van der Waals surface area contributed by atoms with Gasteiger partial charge in [-0.2, -0.15) is 0 Å². The van der Waals surface area contributed by atoms with Gasteiger partial charge in [0.05, 0.1) is 18.3 Å². The lowest BCUT2D eigenvalue weighted by Crippen LogP contribution is -2.43. The molecule has 0 amide bonds. The SMILES string of the molecule is c1cc(-c2nc(N3CCC4(CC3)CCN([C@@H]3CCOC3)C4)c3ccncc3n2)ccn1. The number of anilines is 1. The Morgan fingerprint density at radius 1 is 0.935 bits per heavy atom. The Kier molecular flexibility index (Phi) is 4.80. The first kappa shape index (κ1) is 19.1. The summed E-state index contributed by atoms with van der Waals surface area (Å²) in [6.07, 6.45) is 12.2. The Balaban J connectivity index is 1.26. The van der Waals surface area contributed by atoms with Crippen molar-refractivity contribution in [2.75, 3.05) is 44.3 Å². The summed E-state index contributed by atoms with van der Waals surface area (Å²) in [4.78, 5) is 23.4. The Morgan fingerprint density at radius 2 is 1.74 bits per heavy atom. The molecule has 0 N–H and O–H groups in total. The number of ether oxygens (including phenoxy) is 1. The molecule has 1 spiro atoms. The Labute approximate surface area is 182 Å². The van der Waals surface area contributed by atoms with Crippen LogP contribution in [0.1, 0.15) is 25.7 Å². The van der Waals surface area contributed by atoms with Crippen LogP contribution in [0, 0.1) is 5.41 Å². The third-order valence-corrected chi connectivity index (χ3v) is 7.43. The van der Waals surface area contributed by atoms with Crippen LogP contribution in [-0.2, 0) is 4.74 Å². The van der Waals surface area contributed by atoms with Crippen LogP contribution in [0.2, 0.25) is 0 Å². The number of hydrogen-bond acceptors (Lipinski definition) is 7. The van der Waals surface area contributed by atoms with Crippen LogP contribution >= 0.6 is 0 Å². The third kappa shape index (κ3) is 3.55. The molecule has 160 valence electrons. The maximum atomic E-state index is 5.64. The fourth-order valence-corrected chi connectivity index (χ4v) is 5.53. The van der Waals surface area contributed by atoms with Crippen LogP contribution in [0.5, 0.6) is 0 Å². The first-order valence-electron chi connectivity index (χ1n) is 11.4. The molecule has 0 aromatic carbocycles. The van der Waals surface area contributed by atoms with E-state index in [-0.39, 0.29) is 0 Å². The standard InChI is InChI=1S/C24H28N6O/c1-8-25-9-2-18(1)22-27-21-15-26-10-3-20(21)23(28-22)29-11-5-24(6-12-29)7-13-30(17-24)19-4-14-31-16-19/h1-3,8-10,15,19H,4-7,11-14,16-17H2/t19-/m1/s1. The molecule has 3 aromatic rings. The number of piperidine rings is 1. The molecule has 6 heterocycles. The zero-order chi connectivity index (χ0) is 20.7. The lowest BCUT2D eigenvalue weighted by atomic mass is 9.77. The van der Waals surface area contributed by atoms with Crippen LogP contribution in [0.3, 0.4) is 0 Å². The first-order valence-corrected chi connectivity index (χ1v) is 11.4. The molecule has 3 aromatic heterocycles. The molecule has 3 aliphatic heterocycles. The molecule has 3 fully saturated rings. The van der Waals surface area contributed by atoms with Crippen molar-refractivity contribution in [2.24, 2.45) is 5.41 Å². The zero-order valence-corrected chi connectivity index (χ0v) is 17.8. The molecule has 3 saturated heterocycles. The van der Waals surface area contributed by atoms with Gasteiger partial charge in [0.2, 0.25) is 0 Å². The van der Waals surface area contributed by atoms with Gasteiger partial charge in [-0.05, 0) is 55.8 Å². The summed E-state index contributed by atoms with van der Waals surface area (Å²) in [5.74, 6) is 1.78. The minimum Gasteiger partial charge on any atom is -0.380 e. The monoisotopic (exact) mass is 416 g/mol. The quantitative estimate of drug-likeness (QED) is 0.650. The highest BCUT2D eigenvalue weighted by Crippen LogP contribution is 2.43. The van der Waals surface area contributed by atoms with E-state index in [1.54, 1.807) is 12.4 Å². The van der Waals surface area contributed by atoms with Crippen molar-refractivity contribution >= 4 is 16.7 Å². The average Bonchev–Trinajstić information content (AvgIpc) is 3.50. The van der Waals surface area contributed by atoms with Gasteiger partial charge in [-0.15, -0.1) is 0 Å². The van der Waals surface area contributed by atoms with Crippen molar-refractivity contribution < 1.29 is 4.74 Å². The Morgan fingerprint density at radius 3 is 2.55 bits per heavy atom. The zero-order valence-electron chi connectivity index (χ0n) is 17.8. The second kappa shape index (κ2) is 7.80. The first-order chi connectivity index (χ1) is 15.3. The van der Waals surface area contributed by atoms with E-state index >= 15 is 0 Å². The van der Waals surface area contributed by atoms with E-state index in [1.807, 2.05) is 30.6 Å². The van der Waals surface area contributed by atoms with Crippen LogP contribution in [0.15, 0.2) is 43.0 Å². The van der Waals surface area contributed by atoms with E-state index < -0.39 is 0 Å². The summed E-state index contributed by atoms with van der Waals surface area (Å²) in [7, 11) is 0. The van der Waals surface area contributed by atoms with Gasteiger partial charge in [0.15, 0.2) is 5.82 Å². The van der Waals surface area contributed by atoms with Gasteiger partial charge < -0.3 is 9.64 Å². The predicted octanol–water partition coefficient (Wildman–Crippen LogP) is 3.17. The molecule has 1 atom stereocenters. The van der Waals surface area contributed by atoms with Crippen molar-refractivity contribution in [1.82, 2.24) is 24.8 Å². The van der Waals surface area contributed by atoms with Crippen molar-refractivity contribution in [3.05, 3.63) is 43.0 Å². The molecular weight excluding hydrogens is 388 g/mol. The van der Waals surface area contributed by atoms with Gasteiger partial charge in [-0.3, -0.25) is 14.9 Å². The minimum atomic E-state index is 0.456. The van der Waals surface area contributed by atoms with E-state index in [1.165, 1.54) is 38.8 Å². The van der Waals surface area contributed by atoms with Crippen molar-refractivity contribution in [2.45, 2.75) is 31.7 Å². The Bertz CT molecular complexity index is 1060. The molecule has 7 heteroatoms. The highest BCUT2D eigenvalue weighted by Gasteiger charge is 2.43. The fraction of sp³-hybridized carbons (Fsp3) is 0.500. The maximum Gasteiger partial charge on any atom is 0.162 e. The van der Waals surface area contributed by atoms with Gasteiger partial charge in [-0.1, -0.05) is 0 Å². The molecule has 3 aliphatic rings. The maximum absolute atomic E-state index is 5.64. The van der Waals surface area contributed by atoms with Gasteiger partial charge >= 0.3 is 0 Å². The van der Waals surface area contributed by atoms with Gasteiger partial charge in [0.25, 0.3) is 0 Å². The molecule has 0 aliphatic carbocycles. The number of rotatable bonds is 3. The molecule has 6 rings (SSSR count). The predicted molar refractivity (Wildman–Crippen MR) is 120 cm³/mol. The molecule has 31 heavy (non-hydrogen) atoms. The Hall–Kier alpha value is -2.64. The molecule has 0 bridgehead atoms. The number of nitrogens with zero attached hydrogens (tertiary/aromatic N) is 6.